The van der Waals surface area contributed by atoms with Crippen LogP contribution in [0.15, 0.2) is 36.4 Å². The highest BCUT2D eigenvalue weighted by Gasteiger charge is 2.19. The molecule has 9 heteroatoms. The van der Waals surface area contributed by atoms with E-state index in [1.165, 1.54) is 19.2 Å². The number of nitrogens with two attached hydrogens (primary N) is 1. The Kier molecular flexibility index (Phi) is 7.94. The van der Waals surface area contributed by atoms with Crippen LogP contribution < -0.4 is 20.5 Å². The van der Waals surface area contributed by atoms with E-state index in [-0.39, 0.29) is 47.1 Å². The minimum atomic E-state index is -0.661. The SMILES string of the molecule is COc1cc(C(=O)NCc2cccc(C(=O)N3CCCCC3)c2)cc(Cl)c1OCC(N)=O. The zero-order chi connectivity index (χ0) is 23.1. The number of primary amides is 1. The number of likely N-dealkylation sites (tertiary alicyclic amines) is 1. The van der Waals surface area contributed by atoms with Gasteiger partial charge in [-0.2, -0.15) is 0 Å². The molecule has 3 rings (SSSR count). The van der Waals surface area contributed by atoms with Crippen LogP contribution in [0.4, 0.5) is 0 Å². The molecule has 1 heterocycles. The van der Waals surface area contributed by atoms with Crippen molar-refractivity contribution in [1.82, 2.24) is 10.2 Å². The van der Waals surface area contributed by atoms with Gasteiger partial charge in [0.1, 0.15) is 0 Å². The maximum Gasteiger partial charge on any atom is 0.255 e. The second kappa shape index (κ2) is 10.9. The topological polar surface area (TPSA) is 111 Å². The smallest absolute Gasteiger partial charge is 0.255 e. The molecule has 3 N–H and O–H groups in total. The van der Waals surface area contributed by atoms with Gasteiger partial charge in [0.25, 0.3) is 17.7 Å². The number of nitrogens with one attached hydrogen (secondary N) is 1. The van der Waals surface area contributed by atoms with Crippen molar-refractivity contribution in [2.45, 2.75) is 25.8 Å². The summed E-state index contributed by atoms with van der Waals surface area (Å²) in [7, 11) is 1.40. The van der Waals surface area contributed by atoms with Gasteiger partial charge in [-0.1, -0.05) is 23.7 Å². The molecule has 0 aliphatic carbocycles. The van der Waals surface area contributed by atoms with E-state index in [1.54, 1.807) is 12.1 Å². The molecule has 0 atom stereocenters. The summed E-state index contributed by atoms with van der Waals surface area (Å²) in [4.78, 5) is 38.2. The van der Waals surface area contributed by atoms with E-state index in [9.17, 15) is 14.4 Å². The van der Waals surface area contributed by atoms with E-state index in [1.807, 2.05) is 17.0 Å². The Labute approximate surface area is 191 Å². The fourth-order valence-electron chi connectivity index (χ4n) is 3.51. The number of ether oxygens (including phenoxy) is 2. The van der Waals surface area contributed by atoms with E-state index in [0.717, 1.165) is 37.9 Å². The van der Waals surface area contributed by atoms with Gasteiger partial charge in [0.2, 0.25) is 0 Å². The lowest BCUT2D eigenvalue weighted by molar-refractivity contribution is -0.119. The Balaban J connectivity index is 1.67. The average molecular weight is 460 g/mol. The number of hydrogen-bond acceptors (Lipinski definition) is 5. The molecule has 0 aromatic heterocycles. The molecule has 0 radical (unpaired) electrons. The van der Waals surface area contributed by atoms with E-state index in [2.05, 4.69) is 5.32 Å². The third-order valence-electron chi connectivity index (χ3n) is 5.12. The highest BCUT2D eigenvalue weighted by atomic mass is 35.5. The lowest BCUT2D eigenvalue weighted by atomic mass is 10.1. The van der Waals surface area contributed by atoms with Crippen molar-refractivity contribution in [3.63, 3.8) is 0 Å². The highest BCUT2D eigenvalue weighted by molar-refractivity contribution is 6.32. The number of hydrogen-bond donors (Lipinski definition) is 2. The first kappa shape index (κ1) is 23.4. The van der Waals surface area contributed by atoms with Crippen LogP contribution in [-0.4, -0.2) is 49.4 Å². The van der Waals surface area contributed by atoms with Crippen molar-refractivity contribution >= 4 is 29.3 Å². The van der Waals surface area contributed by atoms with Crippen LogP contribution in [0.1, 0.15) is 45.5 Å². The predicted molar refractivity (Wildman–Crippen MR) is 120 cm³/mol. The van der Waals surface area contributed by atoms with Crippen LogP contribution in [0.5, 0.6) is 11.5 Å². The predicted octanol–water partition coefficient (Wildman–Crippen LogP) is 2.77. The van der Waals surface area contributed by atoms with E-state index in [4.69, 9.17) is 26.8 Å². The maximum atomic E-state index is 12.7. The Bertz CT molecular complexity index is 1010. The summed E-state index contributed by atoms with van der Waals surface area (Å²) in [5.41, 5.74) is 6.77. The Morgan fingerprint density at radius 2 is 1.84 bits per heavy atom. The van der Waals surface area contributed by atoms with Crippen LogP contribution in [0.25, 0.3) is 0 Å². The number of benzene rings is 2. The molecule has 2 aromatic carbocycles. The van der Waals surface area contributed by atoms with Gasteiger partial charge in [-0.25, -0.2) is 0 Å². The lowest BCUT2D eigenvalue weighted by Gasteiger charge is -2.26. The molecular weight excluding hydrogens is 434 g/mol. The first-order valence-electron chi connectivity index (χ1n) is 10.3. The molecule has 0 unspecified atom stereocenters. The van der Waals surface area contributed by atoms with Gasteiger partial charge in [-0.3, -0.25) is 14.4 Å². The first-order chi connectivity index (χ1) is 15.4. The quantitative estimate of drug-likeness (QED) is 0.630. The zero-order valence-electron chi connectivity index (χ0n) is 17.9. The van der Waals surface area contributed by atoms with Crippen LogP contribution in [0.3, 0.4) is 0 Å². The number of rotatable bonds is 8. The molecule has 2 aromatic rings. The molecule has 0 bridgehead atoms. The largest absolute Gasteiger partial charge is 0.493 e. The Hall–Kier alpha value is -3.26. The van der Waals surface area contributed by atoms with Gasteiger partial charge in [0.15, 0.2) is 18.1 Å². The van der Waals surface area contributed by atoms with E-state index < -0.39 is 5.91 Å². The Morgan fingerprint density at radius 1 is 1.09 bits per heavy atom. The zero-order valence-corrected chi connectivity index (χ0v) is 18.6. The van der Waals surface area contributed by atoms with Gasteiger partial charge < -0.3 is 25.4 Å². The Morgan fingerprint density at radius 3 is 2.53 bits per heavy atom. The molecule has 8 nitrogen and oxygen atoms in total. The van der Waals surface area contributed by atoms with Crippen LogP contribution in [-0.2, 0) is 11.3 Å². The van der Waals surface area contributed by atoms with Crippen molar-refractivity contribution in [2.24, 2.45) is 5.73 Å². The molecule has 1 fully saturated rings. The van der Waals surface area contributed by atoms with E-state index >= 15 is 0 Å². The van der Waals surface area contributed by atoms with Crippen molar-refractivity contribution in [1.29, 1.82) is 0 Å². The second-order valence-corrected chi connectivity index (χ2v) is 7.89. The number of carbonyl (C=O) groups excluding carboxylic acids is 3. The molecule has 0 spiro atoms. The van der Waals surface area contributed by atoms with Crippen molar-refractivity contribution < 1.29 is 23.9 Å². The molecular formula is C23H26ClN3O5. The summed E-state index contributed by atoms with van der Waals surface area (Å²) >= 11 is 6.21. The summed E-state index contributed by atoms with van der Waals surface area (Å²) < 4.78 is 10.5. The van der Waals surface area contributed by atoms with Crippen molar-refractivity contribution in [2.75, 3.05) is 26.8 Å². The van der Waals surface area contributed by atoms with Gasteiger partial charge >= 0.3 is 0 Å². The summed E-state index contributed by atoms with van der Waals surface area (Å²) in [5, 5.41) is 2.93. The fourth-order valence-corrected chi connectivity index (χ4v) is 3.78. The van der Waals surface area contributed by atoms with E-state index in [0.29, 0.717) is 5.56 Å². The van der Waals surface area contributed by atoms with Crippen molar-refractivity contribution in [3.8, 4) is 11.5 Å². The third-order valence-corrected chi connectivity index (χ3v) is 5.40. The highest BCUT2D eigenvalue weighted by Crippen LogP contribution is 2.36. The van der Waals surface area contributed by atoms with Gasteiger partial charge in [0.05, 0.1) is 12.1 Å². The van der Waals surface area contributed by atoms with Crippen LogP contribution in [0, 0.1) is 0 Å². The van der Waals surface area contributed by atoms with Crippen LogP contribution in [0.2, 0.25) is 5.02 Å². The standard InChI is InChI=1S/C23H26ClN3O5/c1-31-19-12-17(11-18(24)21(19)32-14-20(25)28)22(29)26-13-15-6-5-7-16(10-15)23(30)27-8-3-2-4-9-27/h5-7,10-12H,2-4,8-9,13-14H2,1H3,(H2,25,28)(H,26,29). The average Bonchev–Trinajstić information content (AvgIpc) is 2.81. The summed E-state index contributed by atoms with van der Waals surface area (Å²) in [6.45, 7) is 1.43. The summed E-state index contributed by atoms with van der Waals surface area (Å²) in [5.74, 6) is -0.683. The number of methoxy groups -OCH3 is 1. The lowest BCUT2D eigenvalue weighted by Crippen LogP contribution is -2.35. The number of piperidine rings is 1. The van der Waals surface area contributed by atoms with Crippen molar-refractivity contribution in [3.05, 3.63) is 58.1 Å². The number of carbonyl (C=O) groups is 3. The number of nitrogens with zero attached hydrogens (tertiary/aromatic N) is 1. The maximum absolute atomic E-state index is 12.7. The third kappa shape index (κ3) is 5.91. The molecule has 1 aliphatic rings. The summed E-state index contributed by atoms with van der Waals surface area (Å²) in [6.07, 6.45) is 3.21. The molecule has 170 valence electrons. The minimum Gasteiger partial charge on any atom is -0.493 e. The second-order valence-electron chi connectivity index (χ2n) is 7.48. The van der Waals surface area contributed by atoms with Gasteiger partial charge in [0, 0.05) is 30.8 Å². The number of amides is 3. The first-order valence-corrected chi connectivity index (χ1v) is 10.7. The van der Waals surface area contributed by atoms with Crippen LogP contribution >= 0.6 is 11.6 Å². The van der Waals surface area contributed by atoms with Gasteiger partial charge in [-0.15, -0.1) is 0 Å². The molecule has 1 aliphatic heterocycles. The summed E-state index contributed by atoms with van der Waals surface area (Å²) in [6, 6.07) is 10.1. The molecule has 0 saturated carbocycles. The normalized spacial score (nSPS) is 13.4. The molecule has 1 saturated heterocycles. The van der Waals surface area contributed by atoms with Gasteiger partial charge in [-0.05, 0) is 49.1 Å². The fraction of sp³-hybridized carbons (Fsp3) is 0.348. The molecule has 32 heavy (non-hydrogen) atoms. The monoisotopic (exact) mass is 459 g/mol. The minimum absolute atomic E-state index is 0.0148. The molecule has 3 amide bonds. The number of halogens is 1.